The molecule has 104 valence electrons. The van der Waals surface area contributed by atoms with Crippen molar-refractivity contribution in [3.8, 4) is 0 Å². The predicted octanol–water partition coefficient (Wildman–Crippen LogP) is 3.58. The molecule has 0 aliphatic rings. The van der Waals surface area contributed by atoms with Crippen molar-refractivity contribution in [3.05, 3.63) is 10.6 Å². The highest BCUT2D eigenvalue weighted by molar-refractivity contribution is 7.15. The van der Waals surface area contributed by atoms with Crippen LogP contribution in [0.3, 0.4) is 0 Å². The summed E-state index contributed by atoms with van der Waals surface area (Å²) in [6, 6.07) is 0. The lowest BCUT2D eigenvalue weighted by Gasteiger charge is -2.21. The molecule has 0 atom stereocenters. The zero-order valence-electron chi connectivity index (χ0n) is 12.3. The zero-order chi connectivity index (χ0) is 13.4. The van der Waals surface area contributed by atoms with E-state index in [2.05, 4.69) is 31.0 Å². The summed E-state index contributed by atoms with van der Waals surface area (Å²) in [5.74, 6) is 0. The molecule has 1 heterocycles. The van der Waals surface area contributed by atoms with Crippen molar-refractivity contribution in [1.82, 2.24) is 10.3 Å². The molecule has 1 rings (SSSR count). The first kappa shape index (κ1) is 15.4. The topological polar surface area (TPSA) is 28.2 Å². The second-order valence-corrected chi connectivity index (χ2v) is 5.79. The van der Waals surface area contributed by atoms with E-state index in [-0.39, 0.29) is 0 Å². The predicted molar refractivity (Wildman–Crippen MR) is 81.6 cm³/mol. The Balaban J connectivity index is 2.72. The van der Waals surface area contributed by atoms with Crippen LogP contribution in [0.2, 0.25) is 0 Å². The summed E-state index contributed by atoms with van der Waals surface area (Å²) in [5.41, 5.74) is 1.18. The molecule has 0 spiro atoms. The van der Waals surface area contributed by atoms with Gasteiger partial charge in [0.2, 0.25) is 0 Å². The highest BCUT2D eigenvalue weighted by Gasteiger charge is 2.13. The third-order valence-corrected chi connectivity index (χ3v) is 4.27. The quantitative estimate of drug-likeness (QED) is 0.743. The van der Waals surface area contributed by atoms with Gasteiger partial charge in [0, 0.05) is 24.5 Å². The van der Waals surface area contributed by atoms with Gasteiger partial charge < -0.3 is 10.2 Å². The fourth-order valence-corrected chi connectivity index (χ4v) is 3.00. The molecule has 0 aliphatic heterocycles. The number of nitrogens with zero attached hydrogens (tertiary/aromatic N) is 2. The van der Waals surface area contributed by atoms with Gasteiger partial charge in [0.15, 0.2) is 5.13 Å². The monoisotopic (exact) mass is 269 g/mol. The molecule has 1 N–H and O–H groups in total. The van der Waals surface area contributed by atoms with Gasteiger partial charge in [0.1, 0.15) is 0 Å². The molecule has 0 amide bonds. The maximum absolute atomic E-state index is 4.74. The van der Waals surface area contributed by atoms with Crippen molar-refractivity contribution in [2.75, 3.05) is 25.0 Å². The number of nitrogens with one attached hydrogen (secondary N) is 1. The summed E-state index contributed by atoms with van der Waals surface area (Å²) in [7, 11) is 1.99. The van der Waals surface area contributed by atoms with E-state index in [1.54, 1.807) is 0 Å². The van der Waals surface area contributed by atoms with E-state index >= 15 is 0 Å². The van der Waals surface area contributed by atoms with Crippen molar-refractivity contribution >= 4 is 16.5 Å². The number of rotatable bonds is 9. The number of hydrogen-bond donors (Lipinski definition) is 1. The fraction of sp³-hybridized carbons (Fsp3) is 0.786. The van der Waals surface area contributed by atoms with Gasteiger partial charge in [-0.15, -0.1) is 11.3 Å². The number of hydrogen-bond acceptors (Lipinski definition) is 4. The van der Waals surface area contributed by atoms with Gasteiger partial charge in [-0.25, -0.2) is 4.98 Å². The van der Waals surface area contributed by atoms with Crippen LogP contribution in [0.15, 0.2) is 0 Å². The lowest BCUT2D eigenvalue weighted by atomic mass is 10.3. The molecular formula is C14H27N3S. The van der Waals surface area contributed by atoms with Gasteiger partial charge in [0.05, 0.1) is 5.69 Å². The molecule has 0 fully saturated rings. The summed E-state index contributed by atoms with van der Waals surface area (Å²) < 4.78 is 0. The summed E-state index contributed by atoms with van der Waals surface area (Å²) >= 11 is 1.85. The Morgan fingerprint density at radius 1 is 1.17 bits per heavy atom. The Labute approximate surface area is 116 Å². The van der Waals surface area contributed by atoms with Gasteiger partial charge in [-0.1, -0.05) is 26.7 Å². The smallest absolute Gasteiger partial charge is 0.185 e. The SMILES string of the molecule is CCCCN(CCCC)c1nc(C)c(CNC)s1. The minimum atomic E-state index is 0.929. The van der Waals surface area contributed by atoms with E-state index in [1.165, 1.54) is 41.4 Å². The molecular weight excluding hydrogens is 242 g/mol. The second kappa shape index (κ2) is 8.48. The van der Waals surface area contributed by atoms with Gasteiger partial charge in [-0.2, -0.15) is 0 Å². The van der Waals surface area contributed by atoms with Crippen LogP contribution in [0.5, 0.6) is 0 Å². The number of anilines is 1. The Morgan fingerprint density at radius 3 is 2.28 bits per heavy atom. The summed E-state index contributed by atoms with van der Waals surface area (Å²) in [4.78, 5) is 8.57. The average molecular weight is 269 g/mol. The molecule has 0 bridgehead atoms. The van der Waals surface area contributed by atoms with E-state index in [0.717, 1.165) is 19.6 Å². The van der Waals surface area contributed by atoms with Crippen LogP contribution in [0.25, 0.3) is 0 Å². The first-order valence-corrected chi connectivity index (χ1v) is 7.90. The van der Waals surface area contributed by atoms with E-state index in [0.29, 0.717) is 0 Å². The maximum Gasteiger partial charge on any atom is 0.185 e. The maximum atomic E-state index is 4.74. The van der Waals surface area contributed by atoms with Crippen molar-refractivity contribution in [2.24, 2.45) is 0 Å². The molecule has 0 aliphatic carbocycles. The first-order chi connectivity index (χ1) is 8.72. The number of aryl methyl sites for hydroxylation is 1. The fourth-order valence-electron chi connectivity index (χ4n) is 1.87. The van der Waals surface area contributed by atoms with Crippen LogP contribution < -0.4 is 10.2 Å². The highest BCUT2D eigenvalue weighted by Crippen LogP contribution is 2.26. The summed E-state index contributed by atoms with van der Waals surface area (Å²) in [5, 5.41) is 4.42. The molecule has 18 heavy (non-hydrogen) atoms. The lowest BCUT2D eigenvalue weighted by molar-refractivity contribution is 0.676. The number of aromatic nitrogens is 1. The van der Waals surface area contributed by atoms with Crippen LogP contribution in [0.4, 0.5) is 5.13 Å². The minimum absolute atomic E-state index is 0.929. The molecule has 4 heteroatoms. The number of thiazole rings is 1. The van der Waals surface area contributed by atoms with Crippen LogP contribution in [-0.2, 0) is 6.54 Å². The van der Waals surface area contributed by atoms with E-state index < -0.39 is 0 Å². The van der Waals surface area contributed by atoms with Crippen molar-refractivity contribution in [1.29, 1.82) is 0 Å². The second-order valence-electron chi connectivity index (χ2n) is 4.73. The third kappa shape index (κ3) is 4.58. The Hall–Kier alpha value is -0.610. The van der Waals surface area contributed by atoms with Gasteiger partial charge in [0.25, 0.3) is 0 Å². The van der Waals surface area contributed by atoms with Crippen LogP contribution in [0.1, 0.15) is 50.1 Å². The Morgan fingerprint density at radius 2 is 1.78 bits per heavy atom. The van der Waals surface area contributed by atoms with Gasteiger partial charge in [-0.3, -0.25) is 0 Å². The van der Waals surface area contributed by atoms with Gasteiger partial charge in [-0.05, 0) is 26.8 Å². The Kier molecular flexibility index (Phi) is 7.28. The molecule has 1 aromatic rings. The van der Waals surface area contributed by atoms with Crippen molar-refractivity contribution in [2.45, 2.75) is 53.0 Å². The van der Waals surface area contributed by atoms with Crippen LogP contribution in [0, 0.1) is 6.92 Å². The molecule has 0 saturated carbocycles. The highest BCUT2D eigenvalue weighted by atomic mass is 32.1. The zero-order valence-corrected chi connectivity index (χ0v) is 13.1. The molecule has 3 nitrogen and oxygen atoms in total. The Bertz CT molecular complexity index is 328. The third-order valence-electron chi connectivity index (χ3n) is 3.05. The summed E-state index contributed by atoms with van der Waals surface area (Å²) in [6.07, 6.45) is 5.00. The molecule has 1 aromatic heterocycles. The minimum Gasteiger partial charge on any atom is -0.348 e. The van der Waals surface area contributed by atoms with Crippen molar-refractivity contribution < 1.29 is 0 Å². The van der Waals surface area contributed by atoms with Gasteiger partial charge >= 0.3 is 0 Å². The molecule has 0 aromatic carbocycles. The molecule has 0 radical (unpaired) electrons. The van der Waals surface area contributed by atoms with E-state index in [4.69, 9.17) is 4.98 Å². The molecule has 0 unspecified atom stereocenters. The van der Waals surface area contributed by atoms with E-state index in [9.17, 15) is 0 Å². The van der Waals surface area contributed by atoms with E-state index in [1.807, 2.05) is 18.4 Å². The normalized spacial score (nSPS) is 10.9. The molecule has 0 saturated heterocycles. The standard InChI is InChI=1S/C14H27N3S/c1-5-7-9-17(10-8-6-2)14-16-12(3)13(18-14)11-15-4/h15H,5-11H2,1-4H3. The lowest BCUT2D eigenvalue weighted by Crippen LogP contribution is -2.25. The summed E-state index contributed by atoms with van der Waals surface area (Å²) in [6.45, 7) is 9.82. The largest absolute Gasteiger partial charge is 0.348 e. The van der Waals surface area contributed by atoms with Crippen molar-refractivity contribution in [3.63, 3.8) is 0 Å². The van der Waals surface area contributed by atoms with Crippen LogP contribution >= 0.6 is 11.3 Å². The number of unbranched alkanes of at least 4 members (excludes halogenated alkanes) is 2. The average Bonchev–Trinajstić information content (AvgIpc) is 2.72. The first-order valence-electron chi connectivity index (χ1n) is 7.08. The van der Waals surface area contributed by atoms with Crippen LogP contribution in [-0.4, -0.2) is 25.1 Å².